The maximum Gasteiger partial charge on any atom is 0.0644 e. The van der Waals surface area contributed by atoms with Gasteiger partial charge in [0.05, 0.1) is 25.5 Å². The summed E-state index contributed by atoms with van der Waals surface area (Å²) < 4.78 is 7.29. The smallest absolute Gasteiger partial charge is 0.0644 e. The van der Waals surface area contributed by atoms with Gasteiger partial charge in [-0.1, -0.05) is 0 Å². The zero-order valence-electron chi connectivity index (χ0n) is 11.5. The SMILES string of the molecule is COC1CC(NC2CCCc3c2cnn3CCO)C1. The highest BCUT2D eigenvalue weighted by Gasteiger charge is 2.33. The van der Waals surface area contributed by atoms with E-state index in [1.807, 2.05) is 10.9 Å². The molecule has 1 unspecified atom stereocenters. The molecule has 2 aliphatic carbocycles. The molecule has 0 amide bonds. The molecule has 19 heavy (non-hydrogen) atoms. The number of aliphatic hydroxyl groups is 1. The molecule has 1 aromatic rings. The summed E-state index contributed by atoms with van der Waals surface area (Å²) in [7, 11) is 1.79. The quantitative estimate of drug-likeness (QED) is 0.834. The van der Waals surface area contributed by atoms with E-state index in [4.69, 9.17) is 9.84 Å². The second-order valence-electron chi connectivity index (χ2n) is 5.63. The molecule has 1 saturated carbocycles. The van der Waals surface area contributed by atoms with Gasteiger partial charge in [-0.15, -0.1) is 0 Å². The van der Waals surface area contributed by atoms with Crippen molar-refractivity contribution in [3.05, 3.63) is 17.5 Å². The topological polar surface area (TPSA) is 59.3 Å². The summed E-state index contributed by atoms with van der Waals surface area (Å²) in [6.45, 7) is 0.765. The Labute approximate surface area is 113 Å². The fourth-order valence-corrected chi connectivity index (χ4v) is 3.26. The predicted molar refractivity (Wildman–Crippen MR) is 71.9 cm³/mol. The van der Waals surface area contributed by atoms with Crippen molar-refractivity contribution in [3.63, 3.8) is 0 Å². The van der Waals surface area contributed by atoms with Gasteiger partial charge in [0, 0.05) is 30.5 Å². The largest absolute Gasteiger partial charge is 0.394 e. The third-order valence-corrected chi connectivity index (χ3v) is 4.44. The highest BCUT2D eigenvalue weighted by Crippen LogP contribution is 2.33. The Morgan fingerprint density at radius 1 is 1.53 bits per heavy atom. The van der Waals surface area contributed by atoms with Gasteiger partial charge in [-0.2, -0.15) is 5.10 Å². The van der Waals surface area contributed by atoms with Gasteiger partial charge in [0.15, 0.2) is 0 Å². The Morgan fingerprint density at radius 3 is 3.11 bits per heavy atom. The highest BCUT2D eigenvalue weighted by atomic mass is 16.5. The highest BCUT2D eigenvalue weighted by molar-refractivity contribution is 5.25. The van der Waals surface area contributed by atoms with Crippen LogP contribution in [0.15, 0.2) is 6.20 Å². The van der Waals surface area contributed by atoms with Crippen molar-refractivity contribution in [1.82, 2.24) is 15.1 Å². The van der Waals surface area contributed by atoms with Gasteiger partial charge in [-0.3, -0.25) is 4.68 Å². The van der Waals surface area contributed by atoms with E-state index < -0.39 is 0 Å². The Kier molecular flexibility index (Phi) is 3.86. The van der Waals surface area contributed by atoms with Crippen molar-refractivity contribution in [3.8, 4) is 0 Å². The lowest BCUT2D eigenvalue weighted by Gasteiger charge is -2.38. The summed E-state index contributed by atoms with van der Waals surface area (Å²) in [5, 5.41) is 17.2. The number of nitrogens with zero attached hydrogens (tertiary/aromatic N) is 2. The maximum absolute atomic E-state index is 9.06. The van der Waals surface area contributed by atoms with E-state index in [2.05, 4.69) is 10.4 Å². The van der Waals surface area contributed by atoms with E-state index in [1.165, 1.54) is 24.1 Å². The minimum Gasteiger partial charge on any atom is -0.394 e. The standard InChI is InChI=1S/C14H23N3O2/c1-19-11-7-10(8-11)16-13-3-2-4-14-12(13)9-15-17(14)5-6-18/h9-11,13,16,18H,2-8H2,1H3. The van der Waals surface area contributed by atoms with Gasteiger partial charge in [-0.25, -0.2) is 0 Å². The number of rotatable bonds is 5. The number of methoxy groups -OCH3 is 1. The number of nitrogens with one attached hydrogen (secondary N) is 1. The Balaban J connectivity index is 1.66. The lowest BCUT2D eigenvalue weighted by atomic mass is 9.86. The first-order chi connectivity index (χ1) is 9.31. The van der Waals surface area contributed by atoms with Gasteiger partial charge in [0.25, 0.3) is 0 Å². The van der Waals surface area contributed by atoms with E-state index in [1.54, 1.807) is 7.11 Å². The molecule has 0 aromatic carbocycles. The lowest BCUT2D eigenvalue weighted by molar-refractivity contribution is 0.0135. The molecule has 0 saturated heterocycles. The number of aliphatic hydroxyl groups excluding tert-OH is 1. The maximum atomic E-state index is 9.06. The molecule has 3 rings (SSSR count). The molecule has 1 aromatic heterocycles. The number of hydrogen-bond donors (Lipinski definition) is 2. The number of ether oxygens (including phenoxy) is 1. The fourth-order valence-electron chi connectivity index (χ4n) is 3.26. The second kappa shape index (κ2) is 5.61. The molecular formula is C14H23N3O2. The van der Waals surface area contributed by atoms with Crippen LogP contribution in [0.5, 0.6) is 0 Å². The van der Waals surface area contributed by atoms with Crippen LogP contribution in [0.1, 0.15) is 43.0 Å². The van der Waals surface area contributed by atoms with Crippen LogP contribution in [0.25, 0.3) is 0 Å². The third-order valence-electron chi connectivity index (χ3n) is 4.44. The third kappa shape index (κ3) is 2.55. The van der Waals surface area contributed by atoms with E-state index in [-0.39, 0.29) is 6.61 Å². The van der Waals surface area contributed by atoms with Crippen molar-refractivity contribution in [2.24, 2.45) is 0 Å². The first-order valence-corrected chi connectivity index (χ1v) is 7.26. The summed E-state index contributed by atoms with van der Waals surface area (Å²) in [5.74, 6) is 0. The van der Waals surface area contributed by atoms with Crippen LogP contribution in [0.2, 0.25) is 0 Å². The molecule has 0 aliphatic heterocycles. The van der Waals surface area contributed by atoms with E-state index in [0.29, 0.717) is 24.7 Å². The normalized spacial score (nSPS) is 29.9. The number of fused-ring (bicyclic) bond motifs is 1. The average Bonchev–Trinajstić information content (AvgIpc) is 2.78. The van der Waals surface area contributed by atoms with Gasteiger partial charge in [0.2, 0.25) is 0 Å². The monoisotopic (exact) mass is 265 g/mol. The average molecular weight is 265 g/mol. The first kappa shape index (κ1) is 13.1. The van der Waals surface area contributed by atoms with E-state index >= 15 is 0 Å². The molecule has 1 atom stereocenters. The van der Waals surface area contributed by atoms with Gasteiger partial charge < -0.3 is 15.2 Å². The molecule has 0 spiro atoms. The van der Waals surface area contributed by atoms with Crippen molar-refractivity contribution in [1.29, 1.82) is 0 Å². The molecule has 106 valence electrons. The fraction of sp³-hybridized carbons (Fsp3) is 0.786. The summed E-state index contributed by atoms with van der Waals surface area (Å²) in [6, 6.07) is 1.01. The zero-order chi connectivity index (χ0) is 13.2. The summed E-state index contributed by atoms with van der Waals surface area (Å²) in [5.41, 5.74) is 2.64. The minimum atomic E-state index is 0.157. The Morgan fingerprint density at radius 2 is 2.37 bits per heavy atom. The van der Waals surface area contributed by atoms with Gasteiger partial charge in [0.1, 0.15) is 0 Å². The van der Waals surface area contributed by atoms with Crippen LogP contribution >= 0.6 is 0 Å². The van der Waals surface area contributed by atoms with Crippen LogP contribution in [0.4, 0.5) is 0 Å². The van der Waals surface area contributed by atoms with Crippen molar-refractivity contribution in [2.45, 2.75) is 56.8 Å². The zero-order valence-corrected chi connectivity index (χ0v) is 11.5. The molecule has 1 fully saturated rings. The number of hydrogen-bond acceptors (Lipinski definition) is 4. The lowest BCUT2D eigenvalue weighted by Crippen LogP contribution is -2.46. The Bertz CT molecular complexity index is 426. The molecule has 5 heteroatoms. The molecule has 5 nitrogen and oxygen atoms in total. The van der Waals surface area contributed by atoms with E-state index in [9.17, 15) is 0 Å². The molecule has 0 bridgehead atoms. The molecule has 0 radical (unpaired) electrons. The summed E-state index contributed by atoms with van der Waals surface area (Å²) >= 11 is 0. The van der Waals surface area contributed by atoms with Crippen LogP contribution in [0, 0.1) is 0 Å². The van der Waals surface area contributed by atoms with Crippen molar-refractivity contribution in [2.75, 3.05) is 13.7 Å². The predicted octanol–water partition coefficient (Wildman–Crippen LogP) is 1.02. The number of aromatic nitrogens is 2. The van der Waals surface area contributed by atoms with Gasteiger partial charge in [-0.05, 0) is 32.1 Å². The van der Waals surface area contributed by atoms with Crippen LogP contribution < -0.4 is 5.32 Å². The summed E-state index contributed by atoms with van der Waals surface area (Å²) in [4.78, 5) is 0. The van der Waals surface area contributed by atoms with Crippen LogP contribution in [-0.4, -0.2) is 40.7 Å². The van der Waals surface area contributed by atoms with Gasteiger partial charge >= 0.3 is 0 Å². The molecule has 2 N–H and O–H groups in total. The van der Waals surface area contributed by atoms with Crippen molar-refractivity contribution >= 4 is 0 Å². The molecule has 1 heterocycles. The van der Waals surface area contributed by atoms with Crippen molar-refractivity contribution < 1.29 is 9.84 Å². The second-order valence-corrected chi connectivity index (χ2v) is 5.63. The Hall–Kier alpha value is -0.910. The minimum absolute atomic E-state index is 0.157. The molecule has 2 aliphatic rings. The molecular weight excluding hydrogens is 242 g/mol. The van der Waals surface area contributed by atoms with E-state index in [0.717, 1.165) is 19.3 Å². The summed E-state index contributed by atoms with van der Waals surface area (Å²) in [6.07, 6.45) is 8.12. The first-order valence-electron chi connectivity index (χ1n) is 7.26. The van der Waals surface area contributed by atoms with Crippen LogP contribution in [0.3, 0.4) is 0 Å². The van der Waals surface area contributed by atoms with Crippen LogP contribution in [-0.2, 0) is 17.7 Å².